The lowest BCUT2D eigenvalue weighted by molar-refractivity contribution is -0.137. The zero-order valence-electron chi connectivity index (χ0n) is 20.8. The molecule has 0 radical (unpaired) electrons. The van der Waals surface area contributed by atoms with Crippen LogP contribution in [0.2, 0.25) is 5.02 Å². The Kier molecular flexibility index (Phi) is 9.90. The maximum absolute atomic E-state index is 10.6. The molecule has 0 amide bonds. The van der Waals surface area contributed by atoms with Gasteiger partial charge in [-0.05, 0) is 53.5 Å². The van der Waals surface area contributed by atoms with Crippen LogP contribution in [-0.2, 0) is 11.8 Å². The van der Waals surface area contributed by atoms with Crippen LogP contribution in [0.25, 0.3) is 34.5 Å². The van der Waals surface area contributed by atoms with E-state index in [2.05, 4.69) is 24.3 Å². The second-order valence-electron chi connectivity index (χ2n) is 7.93. The summed E-state index contributed by atoms with van der Waals surface area (Å²) in [5.41, 5.74) is 5.21. The van der Waals surface area contributed by atoms with Gasteiger partial charge in [-0.3, -0.25) is 4.79 Å². The summed E-state index contributed by atoms with van der Waals surface area (Å²) in [5.74, 6) is 0.801. The molecule has 1 aromatic heterocycles. The first-order chi connectivity index (χ1) is 17.5. The molecule has 4 rings (SSSR count). The van der Waals surface area contributed by atoms with Gasteiger partial charge in [0.05, 0.1) is 12.3 Å². The van der Waals surface area contributed by atoms with Crippen molar-refractivity contribution < 1.29 is 14.6 Å². The van der Waals surface area contributed by atoms with Crippen LogP contribution in [0.1, 0.15) is 38.1 Å². The van der Waals surface area contributed by atoms with Gasteiger partial charge in [0.25, 0.3) is 0 Å². The van der Waals surface area contributed by atoms with Gasteiger partial charge < -0.3 is 14.4 Å². The Morgan fingerprint density at radius 2 is 1.50 bits per heavy atom. The van der Waals surface area contributed by atoms with Crippen molar-refractivity contribution in [2.75, 3.05) is 6.61 Å². The third-order valence-corrected chi connectivity index (χ3v) is 5.63. The summed E-state index contributed by atoms with van der Waals surface area (Å²) in [5, 5.41) is 9.39. The average Bonchev–Trinajstić information content (AvgIpc) is 3.28. The third-order valence-electron chi connectivity index (χ3n) is 5.38. The number of aliphatic carboxylic acids is 1. The van der Waals surface area contributed by atoms with E-state index in [-0.39, 0.29) is 6.42 Å². The molecule has 3 aromatic carbocycles. The van der Waals surface area contributed by atoms with E-state index in [0.717, 1.165) is 39.5 Å². The normalized spacial score (nSPS) is 10.7. The number of carboxylic acid groups (broad SMARTS) is 1. The first-order valence-corrected chi connectivity index (χ1v) is 12.4. The van der Waals surface area contributed by atoms with Crippen molar-refractivity contribution in [3.63, 3.8) is 0 Å². The molecule has 186 valence electrons. The molecule has 0 unspecified atom stereocenters. The molecular weight excluding hydrogens is 472 g/mol. The van der Waals surface area contributed by atoms with E-state index >= 15 is 0 Å². The van der Waals surface area contributed by atoms with E-state index in [9.17, 15) is 4.79 Å². The topological polar surface area (TPSA) is 64.4 Å². The molecule has 1 N–H and O–H groups in total. The Hall–Kier alpha value is -3.83. The lowest BCUT2D eigenvalue weighted by atomic mass is 10.0. The summed E-state index contributed by atoms with van der Waals surface area (Å²) in [7, 11) is 1.98. The van der Waals surface area contributed by atoms with Crippen LogP contribution < -0.4 is 4.74 Å². The van der Waals surface area contributed by atoms with Gasteiger partial charge in [-0.25, -0.2) is 4.98 Å². The number of benzene rings is 3. The fraction of sp³-hybridized carbons (Fsp3) is 0.200. The Balaban J connectivity index is 0.00000176. The van der Waals surface area contributed by atoms with E-state index in [4.69, 9.17) is 26.4 Å². The van der Waals surface area contributed by atoms with Gasteiger partial charge in [-0.15, -0.1) is 0 Å². The van der Waals surface area contributed by atoms with Crippen molar-refractivity contribution >= 4 is 29.7 Å². The zero-order valence-corrected chi connectivity index (χ0v) is 21.6. The quantitative estimate of drug-likeness (QED) is 0.237. The minimum atomic E-state index is -0.806. The number of rotatable bonds is 9. The van der Waals surface area contributed by atoms with E-state index in [1.165, 1.54) is 0 Å². The van der Waals surface area contributed by atoms with Crippen LogP contribution in [-0.4, -0.2) is 27.2 Å². The van der Waals surface area contributed by atoms with E-state index < -0.39 is 5.97 Å². The van der Waals surface area contributed by atoms with E-state index in [1.807, 2.05) is 92.3 Å². The van der Waals surface area contributed by atoms with Crippen LogP contribution in [0.15, 0.2) is 79.0 Å². The molecule has 0 spiro atoms. The first kappa shape index (κ1) is 26.8. The number of aromatic nitrogens is 2. The van der Waals surface area contributed by atoms with Gasteiger partial charge in [-0.2, -0.15) is 0 Å². The number of halogens is 1. The highest BCUT2D eigenvalue weighted by Gasteiger charge is 2.06. The van der Waals surface area contributed by atoms with Gasteiger partial charge in [0, 0.05) is 30.3 Å². The summed E-state index contributed by atoms with van der Waals surface area (Å²) in [6, 6.07) is 23.8. The minimum absolute atomic E-state index is 0.114. The second-order valence-corrected chi connectivity index (χ2v) is 8.36. The SMILES string of the molecule is CC.Cn1cc(-c2ccc(Cl)cc2)nc1/C=C/c1ccc(-c2ccc(OCCCC(=O)O)cc2)cc1. The van der Waals surface area contributed by atoms with Crippen LogP contribution in [0, 0.1) is 0 Å². The molecule has 0 aliphatic heterocycles. The summed E-state index contributed by atoms with van der Waals surface area (Å²) >= 11 is 5.98. The van der Waals surface area contributed by atoms with E-state index in [0.29, 0.717) is 18.1 Å². The molecule has 4 aromatic rings. The lowest BCUT2D eigenvalue weighted by Crippen LogP contribution is -2.01. The zero-order chi connectivity index (χ0) is 25.9. The molecule has 36 heavy (non-hydrogen) atoms. The third kappa shape index (κ3) is 7.59. The Bertz CT molecular complexity index is 1280. The molecule has 0 aliphatic carbocycles. The van der Waals surface area contributed by atoms with Gasteiger partial charge in [-0.1, -0.05) is 80.1 Å². The number of carboxylic acids is 1. The Labute approximate surface area is 217 Å². The molecule has 0 aliphatic rings. The number of hydrogen-bond acceptors (Lipinski definition) is 3. The predicted octanol–water partition coefficient (Wildman–Crippen LogP) is 7.85. The number of nitrogens with zero attached hydrogens (tertiary/aromatic N) is 2. The first-order valence-electron chi connectivity index (χ1n) is 12.0. The van der Waals surface area contributed by atoms with Gasteiger partial charge in [0.15, 0.2) is 0 Å². The van der Waals surface area contributed by atoms with Crippen molar-refractivity contribution in [3.8, 4) is 28.1 Å². The van der Waals surface area contributed by atoms with Crippen molar-refractivity contribution in [1.29, 1.82) is 0 Å². The molecule has 6 heteroatoms. The fourth-order valence-corrected chi connectivity index (χ4v) is 3.64. The molecule has 0 saturated carbocycles. The average molecular weight is 503 g/mol. The van der Waals surface area contributed by atoms with Gasteiger partial charge in [0.1, 0.15) is 11.6 Å². The smallest absolute Gasteiger partial charge is 0.303 e. The van der Waals surface area contributed by atoms with Crippen molar-refractivity contribution in [3.05, 3.63) is 95.4 Å². The Morgan fingerprint density at radius 3 is 2.11 bits per heavy atom. The summed E-state index contributed by atoms with van der Waals surface area (Å²) < 4.78 is 7.60. The standard InChI is InChI=1S/C28H25ClN2O3.C2H6/c1-31-19-26(23-9-13-24(29)14-10-23)30-27(31)17-6-20-4-7-21(8-5-20)22-11-15-25(16-12-22)34-18-2-3-28(32)33;1-2/h4-17,19H,2-3,18H2,1H3,(H,32,33);1-2H3/b17-6+;. The molecule has 0 bridgehead atoms. The largest absolute Gasteiger partial charge is 0.494 e. The molecule has 0 fully saturated rings. The number of imidazole rings is 1. The van der Waals surface area contributed by atoms with Crippen molar-refractivity contribution in [2.45, 2.75) is 26.7 Å². The van der Waals surface area contributed by atoms with Crippen molar-refractivity contribution in [1.82, 2.24) is 9.55 Å². The van der Waals surface area contributed by atoms with Gasteiger partial charge in [0.2, 0.25) is 0 Å². The number of aryl methyl sites for hydroxylation is 1. The van der Waals surface area contributed by atoms with Crippen LogP contribution in [0.4, 0.5) is 0 Å². The fourth-order valence-electron chi connectivity index (χ4n) is 3.51. The maximum Gasteiger partial charge on any atom is 0.303 e. The van der Waals surface area contributed by atoms with Crippen molar-refractivity contribution in [2.24, 2.45) is 7.05 Å². The highest BCUT2D eigenvalue weighted by atomic mass is 35.5. The second kappa shape index (κ2) is 13.3. The summed E-state index contributed by atoms with van der Waals surface area (Å²) in [4.78, 5) is 15.3. The van der Waals surface area contributed by atoms with E-state index in [1.54, 1.807) is 0 Å². The monoisotopic (exact) mass is 502 g/mol. The number of hydrogen-bond donors (Lipinski definition) is 1. The van der Waals surface area contributed by atoms with Gasteiger partial charge >= 0.3 is 5.97 Å². The highest BCUT2D eigenvalue weighted by molar-refractivity contribution is 6.30. The van der Waals surface area contributed by atoms with Crippen LogP contribution in [0.5, 0.6) is 5.75 Å². The van der Waals surface area contributed by atoms with Crippen LogP contribution in [0.3, 0.4) is 0 Å². The number of ether oxygens (including phenoxy) is 1. The number of carbonyl (C=O) groups is 1. The maximum atomic E-state index is 10.6. The van der Waals surface area contributed by atoms with Crippen LogP contribution >= 0.6 is 11.6 Å². The highest BCUT2D eigenvalue weighted by Crippen LogP contribution is 2.24. The molecule has 1 heterocycles. The molecular formula is C30H31ClN2O3. The lowest BCUT2D eigenvalue weighted by Gasteiger charge is -2.07. The predicted molar refractivity (Wildman–Crippen MR) is 148 cm³/mol. The molecule has 0 saturated heterocycles. The summed E-state index contributed by atoms with van der Waals surface area (Å²) in [6.45, 7) is 4.39. The molecule has 0 atom stereocenters. The summed E-state index contributed by atoms with van der Waals surface area (Å²) in [6.07, 6.45) is 6.66. The molecule has 5 nitrogen and oxygen atoms in total. The Morgan fingerprint density at radius 1 is 0.917 bits per heavy atom. The minimum Gasteiger partial charge on any atom is -0.494 e.